The third-order valence-electron chi connectivity index (χ3n) is 3.24. The van der Waals surface area contributed by atoms with E-state index in [1.165, 1.54) is 12.1 Å². The molecule has 0 radical (unpaired) electrons. The van der Waals surface area contributed by atoms with E-state index >= 15 is 0 Å². The van der Waals surface area contributed by atoms with E-state index in [4.69, 9.17) is 4.74 Å². The lowest BCUT2D eigenvalue weighted by Gasteiger charge is -2.09. The number of carbonyl (C=O) groups excluding carboxylic acids is 1. The molecule has 0 atom stereocenters. The minimum atomic E-state index is -0.518. The Kier molecular flexibility index (Phi) is 5.05. The average molecular weight is 358 g/mol. The van der Waals surface area contributed by atoms with Crippen molar-refractivity contribution in [1.29, 1.82) is 0 Å². The molecule has 1 N–H and O–H groups in total. The largest absolute Gasteiger partial charge is 0.492 e. The Morgan fingerprint density at radius 3 is 2.92 bits per heavy atom. The van der Waals surface area contributed by atoms with Crippen LogP contribution in [0.2, 0.25) is 0 Å². The number of benzene rings is 1. The second-order valence-electron chi connectivity index (χ2n) is 4.99. The molecule has 1 aromatic carbocycles. The number of nitro groups is 1. The first-order chi connectivity index (χ1) is 12.1. The van der Waals surface area contributed by atoms with Crippen LogP contribution in [0.5, 0.6) is 5.75 Å². The monoisotopic (exact) mass is 358 g/mol. The van der Waals surface area contributed by atoms with Gasteiger partial charge in [0.15, 0.2) is 0 Å². The van der Waals surface area contributed by atoms with Crippen molar-refractivity contribution >= 4 is 27.9 Å². The number of carbonyl (C=O) groups is 1. The molecule has 2 aromatic heterocycles. The minimum absolute atomic E-state index is 0.0687. The molecule has 0 saturated heterocycles. The summed E-state index contributed by atoms with van der Waals surface area (Å²) in [5.74, 6) is 0.217. The lowest BCUT2D eigenvalue weighted by atomic mass is 10.3. The van der Waals surface area contributed by atoms with Gasteiger partial charge in [-0.2, -0.15) is 5.10 Å². The molecule has 2 heterocycles. The topological polar surface area (TPSA) is 99.3 Å². The van der Waals surface area contributed by atoms with Gasteiger partial charge in [-0.25, -0.2) is 0 Å². The van der Waals surface area contributed by atoms with Gasteiger partial charge in [-0.05, 0) is 24.3 Å². The Morgan fingerprint density at radius 2 is 2.20 bits per heavy atom. The number of anilines is 1. The maximum atomic E-state index is 12.2. The molecule has 0 fully saturated rings. The Morgan fingerprint density at radius 1 is 1.32 bits per heavy atom. The van der Waals surface area contributed by atoms with Crippen LogP contribution in [0.1, 0.15) is 9.67 Å². The van der Waals surface area contributed by atoms with Gasteiger partial charge in [0.1, 0.15) is 12.4 Å². The fraction of sp³-hybridized carbons (Fsp3) is 0.125. The lowest BCUT2D eigenvalue weighted by molar-refractivity contribution is -0.380. The van der Waals surface area contributed by atoms with Gasteiger partial charge >= 0.3 is 5.00 Å². The molecular weight excluding hydrogens is 344 g/mol. The summed E-state index contributed by atoms with van der Waals surface area (Å²) >= 11 is 0.833. The number of nitrogens with one attached hydrogen (secondary N) is 1. The summed E-state index contributed by atoms with van der Waals surface area (Å²) in [5.41, 5.74) is 0.553. The zero-order chi connectivity index (χ0) is 17.6. The highest BCUT2D eigenvalue weighted by molar-refractivity contribution is 7.17. The first kappa shape index (κ1) is 16.7. The molecule has 8 nitrogen and oxygen atoms in total. The highest BCUT2D eigenvalue weighted by Crippen LogP contribution is 2.25. The van der Waals surface area contributed by atoms with E-state index < -0.39 is 10.8 Å². The van der Waals surface area contributed by atoms with Crippen LogP contribution < -0.4 is 10.1 Å². The number of hydrogen-bond donors (Lipinski definition) is 1. The van der Waals surface area contributed by atoms with Gasteiger partial charge in [-0.1, -0.05) is 17.4 Å². The third-order valence-corrected chi connectivity index (χ3v) is 4.27. The fourth-order valence-electron chi connectivity index (χ4n) is 2.09. The van der Waals surface area contributed by atoms with E-state index in [0.29, 0.717) is 24.6 Å². The van der Waals surface area contributed by atoms with Gasteiger partial charge in [0.25, 0.3) is 5.91 Å². The van der Waals surface area contributed by atoms with Gasteiger partial charge in [0.2, 0.25) is 0 Å². The summed E-state index contributed by atoms with van der Waals surface area (Å²) in [6.07, 6.45) is 3.55. The zero-order valence-corrected chi connectivity index (χ0v) is 13.8. The van der Waals surface area contributed by atoms with Crippen molar-refractivity contribution in [2.45, 2.75) is 6.54 Å². The summed E-state index contributed by atoms with van der Waals surface area (Å²) in [5, 5.41) is 17.4. The van der Waals surface area contributed by atoms with Gasteiger partial charge < -0.3 is 10.1 Å². The van der Waals surface area contributed by atoms with Gasteiger partial charge in [0.05, 0.1) is 16.3 Å². The average Bonchev–Trinajstić information content (AvgIpc) is 3.27. The molecule has 1 amide bonds. The van der Waals surface area contributed by atoms with Crippen molar-refractivity contribution in [1.82, 2.24) is 9.78 Å². The molecule has 0 aliphatic rings. The van der Waals surface area contributed by atoms with E-state index in [9.17, 15) is 14.9 Å². The Bertz CT molecular complexity index is 876. The zero-order valence-electron chi connectivity index (χ0n) is 13.0. The van der Waals surface area contributed by atoms with E-state index in [1.54, 1.807) is 35.1 Å². The summed E-state index contributed by atoms with van der Waals surface area (Å²) in [4.78, 5) is 22.6. The molecule has 3 rings (SSSR count). The number of rotatable bonds is 7. The highest BCUT2D eigenvalue weighted by atomic mass is 32.1. The first-order valence-electron chi connectivity index (χ1n) is 7.38. The van der Waals surface area contributed by atoms with E-state index in [0.717, 1.165) is 11.3 Å². The van der Waals surface area contributed by atoms with Gasteiger partial charge in [-0.3, -0.25) is 19.6 Å². The molecule has 0 saturated carbocycles. The van der Waals surface area contributed by atoms with Crippen molar-refractivity contribution < 1.29 is 14.5 Å². The molecule has 0 unspecified atom stereocenters. The number of nitrogens with zero attached hydrogens (tertiary/aromatic N) is 3. The van der Waals surface area contributed by atoms with Crippen LogP contribution in [-0.4, -0.2) is 27.2 Å². The normalized spacial score (nSPS) is 10.4. The summed E-state index contributed by atoms with van der Waals surface area (Å²) in [7, 11) is 0. The van der Waals surface area contributed by atoms with Gasteiger partial charge in [0, 0.05) is 30.2 Å². The molecular formula is C16H14N4O4S. The quantitative estimate of drug-likeness (QED) is 0.516. The Hall–Kier alpha value is -3.20. The van der Waals surface area contributed by atoms with E-state index in [1.807, 2.05) is 12.3 Å². The highest BCUT2D eigenvalue weighted by Gasteiger charge is 2.15. The summed E-state index contributed by atoms with van der Waals surface area (Å²) in [6.45, 7) is 1.05. The van der Waals surface area contributed by atoms with Crippen LogP contribution in [0.15, 0.2) is 54.9 Å². The second-order valence-corrected chi connectivity index (χ2v) is 6.06. The van der Waals surface area contributed by atoms with Gasteiger partial charge in [-0.15, -0.1) is 0 Å². The number of amides is 1. The predicted octanol–water partition coefficient (Wildman–Crippen LogP) is 3.18. The molecule has 0 bridgehead atoms. The molecule has 0 aliphatic carbocycles. The van der Waals surface area contributed by atoms with Crippen molar-refractivity contribution in [3.05, 3.63) is 69.8 Å². The van der Waals surface area contributed by atoms with Crippen molar-refractivity contribution in [2.24, 2.45) is 0 Å². The summed E-state index contributed by atoms with van der Waals surface area (Å²) in [6, 6.07) is 11.6. The Labute approximate surface area is 146 Å². The van der Waals surface area contributed by atoms with Crippen LogP contribution in [0.4, 0.5) is 10.7 Å². The lowest BCUT2D eigenvalue weighted by Crippen LogP contribution is -2.11. The number of thiophene rings is 1. The molecule has 25 heavy (non-hydrogen) atoms. The molecule has 9 heteroatoms. The van der Waals surface area contributed by atoms with E-state index in [-0.39, 0.29) is 9.88 Å². The number of ether oxygens (including phenoxy) is 1. The minimum Gasteiger partial charge on any atom is -0.492 e. The molecule has 3 aromatic rings. The predicted molar refractivity (Wildman–Crippen MR) is 93.1 cm³/mol. The van der Waals surface area contributed by atoms with Crippen LogP contribution in [0.25, 0.3) is 0 Å². The maximum Gasteiger partial charge on any atom is 0.324 e. The van der Waals surface area contributed by atoms with Crippen LogP contribution in [0, 0.1) is 10.1 Å². The first-order valence-corrected chi connectivity index (χ1v) is 8.19. The Balaban J connectivity index is 1.58. The maximum absolute atomic E-state index is 12.2. The number of hydrogen-bond acceptors (Lipinski definition) is 6. The second kappa shape index (κ2) is 7.58. The standard InChI is InChI=1S/C16H14N4O4S/c21-16(14-5-6-15(25-14)20(22)23)18-12-3-1-4-13(11-12)24-10-9-19-8-2-7-17-19/h1-8,11H,9-10H2,(H,18,21). The SMILES string of the molecule is O=C(Nc1cccc(OCCn2cccn2)c1)c1ccc([N+](=O)[O-])s1. The molecule has 128 valence electrons. The summed E-state index contributed by atoms with van der Waals surface area (Å²) < 4.78 is 7.40. The number of aromatic nitrogens is 2. The fourth-order valence-corrected chi connectivity index (χ4v) is 2.81. The smallest absolute Gasteiger partial charge is 0.324 e. The van der Waals surface area contributed by atoms with E-state index in [2.05, 4.69) is 10.4 Å². The van der Waals surface area contributed by atoms with Crippen LogP contribution >= 0.6 is 11.3 Å². The van der Waals surface area contributed by atoms with Crippen molar-refractivity contribution in [3.8, 4) is 5.75 Å². The third kappa shape index (κ3) is 4.42. The van der Waals surface area contributed by atoms with Crippen LogP contribution in [0.3, 0.4) is 0 Å². The van der Waals surface area contributed by atoms with Crippen LogP contribution in [-0.2, 0) is 6.54 Å². The van der Waals surface area contributed by atoms with Crippen molar-refractivity contribution in [2.75, 3.05) is 11.9 Å². The van der Waals surface area contributed by atoms with Crippen molar-refractivity contribution in [3.63, 3.8) is 0 Å². The molecule has 0 spiro atoms. The molecule has 0 aliphatic heterocycles.